The minimum absolute atomic E-state index is 0. The number of hydrogen-bond donors (Lipinski definition) is 2. The number of nitrogens with two attached hydrogens (primary N) is 2. The van der Waals surface area contributed by atoms with Gasteiger partial charge in [-0.1, -0.05) is 58.3 Å². The number of carbonyl (C=O) groups excluding carboxylic acids is 1. The van der Waals surface area contributed by atoms with Crippen LogP contribution >= 0.6 is 24.8 Å². The second-order valence-electron chi connectivity index (χ2n) is 5.54. The van der Waals surface area contributed by atoms with Crippen LogP contribution in [0, 0.1) is 0 Å². The average Bonchev–Trinajstić information content (AvgIpc) is 2.45. The van der Waals surface area contributed by atoms with Crippen LogP contribution < -0.4 is 11.5 Å². The highest BCUT2D eigenvalue weighted by Crippen LogP contribution is 2.11. The van der Waals surface area contributed by atoms with Gasteiger partial charge in [0.05, 0.1) is 0 Å². The van der Waals surface area contributed by atoms with Crippen LogP contribution in [0.3, 0.4) is 0 Å². The molecule has 0 atom stereocenters. The summed E-state index contributed by atoms with van der Waals surface area (Å²) in [6.45, 7) is 4.55. The van der Waals surface area contributed by atoms with Gasteiger partial charge >= 0.3 is 0 Å². The average molecular weight is 358 g/mol. The molecule has 0 aromatic rings. The molecule has 0 bridgehead atoms. The standard InChI is InChI=1S/C16H35N3O.2ClH/c1-2-3-4-5-6-7-8-9-10-11-16(20)19(14-12-17)15-13-18;;/h2-15,17-18H2,1H3;2*1H. The summed E-state index contributed by atoms with van der Waals surface area (Å²) in [5.74, 6) is 0.212. The Bertz CT molecular complexity index is 225. The van der Waals surface area contributed by atoms with Gasteiger partial charge in [-0.2, -0.15) is 0 Å². The molecule has 0 spiro atoms. The van der Waals surface area contributed by atoms with E-state index in [0.29, 0.717) is 32.6 Å². The van der Waals surface area contributed by atoms with E-state index in [2.05, 4.69) is 6.92 Å². The molecule has 0 aromatic carbocycles. The molecule has 0 saturated heterocycles. The Morgan fingerprint density at radius 1 is 0.773 bits per heavy atom. The van der Waals surface area contributed by atoms with Crippen LogP contribution in [0.5, 0.6) is 0 Å². The first kappa shape index (κ1) is 26.8. The predicted molar refractivity (Wildman–Crippen MR) is 101 cm³/mol. The van der Waals surface area contributed by atoms with Crippen molar-refractivity contribution >= 4 is 30.7 Å². The number of hydrogen-bond acceptors (Lipinski definition) is 3. The van der Waals surface area contributed by atoms with Gasteiger partial charge in [0.2, 0.25) is 5.91 Å². The summed E-state index contributed by atoms with van der Waals surface area (Å²) in [6, 6.07) is 0. The van der Waals surface area contributed by atoms with Gasteiger partial charge in [-0.15, -0.1) is 24.8 Å². The van der Waals surface area contributed by atoms with E-state index in [-0.39, 0.29) is 30.7 Å². The maximum atomic E-state index is 11.9. The lowest BCUT2D eigenvalue weighted by molar-refractivity contribution is -0.131. The fourth-order valence-corrected chi connectivity index (χ4v) is 2.42. The van der Waals surface area contributed by atoms with Gasteiger partial charge in [0.15, 0.2) is 0 Å². The summed E-state index contributed by atoms with van der Waals surface area (Å²) < 4.78 is 0. The van der Waals surface area contributed by atoms with E-state index in [0.717, 1.165) is 6.42 Å². The van der Waals surface area contributed by atoms with Crippen molar-refractivity contribution in [3.63, 3.8) is 0 Å². The van der Waals surface area contributed by atoms with E-state index in [1.165, 1.54) is 51.4 Å². The highest BCUT2D eigenvalue weighted by molar-refractivity contribution is 5.85. The third-order valence-corrected chi connectivity index (χ3v) is 3.64. The molecule has 136 valence electrons. The summed E-state index contributed by atoms with van der Waals surface area (Å²) in [5, 5.41) is 0. The Balaban J connectivity index is -0.00000180. The molecule has 0 aromatic heterocycles. The van der Waals surface area contributed by atoms with Crippen LogP contribution in [-0.2, 0) is 4.79 Å². The molecule has 0 unspecified atom stereocenters. The first-order valence-electron chi connectivity index (χ1n) is 8.44. The van der Waals surface area contributed by atoms with Crippen LogP contribution in [0.2, 0.25) is 0 Å². The predicted octanol–water partition coefficient (Wildman–Crippen LogP) is 3.50. The van der Waals surface area contributed by atoms with E-state index >= 15 is 0 Å². The lowest BCUT2D eigenvalue weighted by Crippen LogP contribution is -2.38. The SMILES string of the molecule is CCCCCCCCCCCC(=O)N(CCN)CCN.Cl.Cl. The van der Waals surface area contributed by atoms with Crippen molar-refractivity contribution in [2.75, 3.05) is 26.2 Å². The van der Waals surface area contributed by atoms with Crippen molar-refractivity contribution in [2.45, 2.75) is 71.1 Å². The number of halogens is 2. The van der Waals surface area contributed by atoms with Gasteiger partial charge in [-0.25, -0.2) is 0 Å². The topological polar surface area (TPSA) is 72.3 Å². The quantitative estimate of drug-likeness (QED) is 0.467. The van der Waals surface area contributed by atoms with Crippen molar-refractivity contribution in [1.29, 1.82) is 0 Å². The van der Waals surface area contributed by atoms with Crippen molar-refractivity contribution in [1.82, 2.24) is 4.90 Å². The minimum Gasteiger partial charge on any atom is -0.340 e. The molecule has 0 saturated carbocycles. The van der Waals surface area contributed by atoms with Crippen LogP contribution in [0.15, 0.2) is 0 Å². The summed E-state index contributed by atoms with van der Waals surface area (Å²) in [4.78, 5) is 13.7. The number of carbonyl (C=O) groups is 1. The Kier molecular flexibility index (Phi) is 25.6. The Morgan fingerprint density at radius 2 is 1.18 bits per heavy atom. The first-order valence-corrected chi connectivity index (χ1v) is 8.44. The molecule has 0 fully saturated rings. The fraction of sp³-hybridized carbons (Fsp3) is 0.938. The third kappa shape index (κ3) is 16.3. The summed E-state index contributed by atoms with van der Waals surface area (Å²) in [7, 11) is 0. The van der Waals surface area contributed by atoms with Gasteiger partial charge in [0.25, 0.3) is 0 Å². The molecular formula is C16H37Cl2N3O. The molecule has 6 heteroatoms. The number of unbranched alkanes of at least 4 members (excludes halogenated alkanes) is 8. The van der Waals surface area contributed by atoms with Crippen molar-refractivity contribution < 1.29 is 4.79 Å². The zero-order chi connectivity index (χ0) is 15.1. The van der Waals surface area contributed by atoms with E-state index in [9.17, 15) is 4.79 Å². The Morgan fingerprint density at radius 3 is 1.59 bits per heavy atom. The largest absolute Gasteiger partial charge is 0.340 e. The lowest BCUT2D eigenvalue weighted by Gasteiger charge is -2.21. The molecule has 1 amide bonds. The molecule has 0 rings (SSSR count). The fourth-order valence-electron chi connectivity index (χ4n) is 2.42. The molecule has 0 heterocycles. The number of rotatable bonds is 14. The maximum absolute atomic E-state index is 11.9. The summed E-state index contributed by atoms with van der Waals surface area (Å²) >= 11 is 0. The van der Waals surface area contributed by atoms with Gasteiger partial charge in [-0.05, 0) is 6.42 Å². The van der Waals surface area contributed by atoms with Gasteiger partial charge in [0, 0.05) is 32.6 Å². The van der Waals surface area contributed by atoms with Crippen LogP contribution in [-0.4, -0.2) is 37.0 Å². The second kappa shape index (κ2) is 21.0. The highest BCUT2D eigenvalue weighted by Gasteiger charge is 2.10. The highest BCUT2D eigenvalue weighted by atomic mass is 35.5. The van der Waals surface area contributed by atoms with Crippen LogP contribution in [0.4, 0.5) is 0 Å². The molecule has 4 nitrogen and oxygen atoms in total. The summed E-state index contributed by atoms with van der Waals surface area (Å²) in [6.07, 6.45) is 12.2. The first-order chi connectivity index (χ1) is 9.76. The van der Waals surface area contributed by atoms with E-state index in [4.69, 9.17) is 11.5 Å². The Labute approximate surface area is 149 Å². The third-order valence-electron chi connectivity index (χ3n) is 3.64. The molecule has 0 aliphatic heterocycles. The molecule has 0 aliphatic rings. The molecule has 22 heavy (non-hydrogen) atoms. The zero-order valence-corrected chi connectivity index (χ0v) is 15.9. The summed E-state index contributed by atoms with van der Waals surface area (Å²) in [5.41, 5.74) is 11.0. The van der Waals surface area contributed by atoms with E-state index < -0.39 is 0 Å². The zero-order valence-electron chi connectivity index (χ0n) is 14.2. The number of amides is 1. The lowest BCUT2D eigenvalue weighted by atomic mass is 10.1. The number of nitrogens with zero attached hydrogens (tertiary/aromatic N) is 1. The maximum Gasteiger partial charge on any atom is 0.222 e. The van der Waals surface area contributed by atoms with Crippen LogP contribution in [0.25, 0.3) is 0 Å². The monoisotopic (exact) mass is 357 g/mol. The molecular weight excluding hydrogens is 321 g/mol. The van der Waals surface area contributed by atoms with Gasteiger partial charge < -0.3 is 16.4 Å². The minimum atomic E-state index is 0. The Hall–Kier alpha value is -0.0300. The van der Waals surface area contributed by atoms with E-state index in [1.54, 1.807) is 4.90 Å². The van der Waals surface area contributed by atoms with Gasteiger partial charge in [-0.3, -0.25) is 4.79 Å². The molecule has 0 radical (unpaired) electrons. The molecule has 0 aliphatic carbocycles. The van der Waals surface area contributed by atoms with E-state index in [1.807, 2.05) is 0 Å². The van der Waals surface area contributed by atoms with Crippen molar-refractivity contribution in [3.05, 3.63) is 0 Å². The smallest absolute Gasteiger partial charge is 0.222 e. The van der Waals surface area contributed by atoms with Gasteiger partial charge in [0.1, 0.15) is 0 Å². The van der Waals surface area contributed by atoms with Crippen molar-refractivity contribution in [2.24, 2.45) is 11.5 Å². The van der Waals surface area contributed by atoms with Crippen molar-refractivity contribution in [3.8, 4) is 0 Å². The normalized spacial score (nSPS) is 9.77. The second-order valence-corrected chi connectivity index (χ2v) is 5.54. The van der Waals surface area contributed by atoms with Crippen LogP contribution in [0.1, 0.15) is 71.1 Å². The molecule has 4 N–H and O–H groups in total.